The van der Waals surface area contributed by atoms with E-state index in [1.165, 1.54) is 0 Å². The maximum absolute atomic E-state index is 13.7. The number of anilines is 1. The molecule has 0 aliphatic rings. The molecule has 0 aliphatic heterocycles. The van der Waals surface area contributed by atoms with Crippen molar-refractivity contribution in [2.24, 2.45) is 0 Å². The first-order valence-corrected chi connectivity index (χ1v) is 6.78. The third-order valence-electron chi connectivity index (χ3n) is 3.33. The van der Waals surface area contributed by atoms with Crippen LogP contribution in [-0.4, -0.2) is 5.91 Å². The predicted octanol–water partition coefficient (Wildman–Crippen LogP) is 5.67. The zero-order valence-electron chi connectivity index (χ0n) is 12.8. The van der Waals surface area contributed by atoms with Gasteiger partial charge in [-0.2, -0.15) is 26.3 Å². The normalized spacial score (nSPS) is 12.2. The first kappa shape index (κ1) is 21.4. The third-order valence-corrected chi connectivity index (χ3v) is 3.33. The SMILES string of the molecule is O=C(Nc1c(F)c(F)c(C(F)(F)F)c(F)c1F)c1c(F)cccc1C(F)(F)F. The second-order valence-electron chi connectivity index (χ2n) is 5.12. The van der Waals surface area contributed by atoms with Crippen molar-refractivity contribution in [3.8, 4) is 0 Å². The number of carbonyl (C=O) groups is 1. The van der Waals surface area contributed by atoms with Crippen LogP contribution in [-0.2, 0) is 12.4 Å². The Balaban J connectivity index is 2.62. The minimum absolute atomic E-state index is 0.221. The molecule has 13 heteroatoms. The Morgan fingerprint density at radius 1 is 0.750 bits per heavy atom. The quantitative estimate of drug-likeness (QED) is 0.490. The summed E-state index contributed by atoms with van der Waals surface area (Å²) in [5.41, 5.74) is -8.82. The zero-order valence-corrected chi connectivity index (χ0v) is 12.8. The van der Waals surface area contributed by atoms with Gasteiger partial charge in [-0.15, -0.1) is 0 Å². The van der Waals surface area contributed by atoms with E-state index in [0.29, 0.717) is 12.1 Å². The van der Waals surface area contributed by atoms with Crippen LogP contribution in [0.5, 0.6) is 0 Å². The van der Waals surface area contributed by atoms with Gasteiger partial charge in [-0.05, 0) is 12.1 Å². The highest BCUT2D eigenvalue weighted by Gasteiger charge is 2.43. The lowest BCUT2D eigenvalue weighted by Crippen LogP contribution is -2.23. The van der Waals surface area contributed by atoms with Gasteiger partial charge >= 0.3 is 12.4 Å². The molecule has 2 rings (SSSR count). The Bertz CT molecular complexity index is 917. The molecule has 0 atom stereocenters. The van der Waals surface area contributed by atoms with Crippen molar-refractivity contribution in [2.45, 2.75) is 12.4 Å². The molecule has 1 N–H and O–H groups in total. The number of halogens is 11. The number of alkyl halides is 6. The first-order chi connectivity index (χ1) is 12.7. The van der Waals surface area contributed by atoms with Gasteiger partial charge in [0.05, 0.1) is 11.1 Å². The lowest BCUT2D eigenvalue weighted by Gasteiger charge is -2.16. The average Bonchev–Trinajstić information content (AvgIpc) is 2.54. The van der Waals surface area contributed by atoms with E-state index >= 15 is 0 Å². The van der Waals surface area contributed by atoms with Crippen molar-refractivity contribution >= 4 is 11.6 Å². The molecule has 0 aliphatic carbocycles. The minimum atomic E-state index is -5.87. The fraction of sp³-hybridized carbons (Fsp3) is 0.133. The molecule has 0 fully saturated rings. The summed E-state index contributed by atoms with van der Waals surface area (Å²) in [4.78, 5) is 11.9. The zero-order chi connectivity index (χ0) is 21.6. The molecule has 0 saturated carbocycles. The molecule has 0 saturated heterocycles. The highest BCUT2D eigenvalue weighted by atomic mass is 19.4. The number of rotatable bonds is 2. The molecular formula is C15H4F11NO. The van der Waals surface area contributed by atoms with Crippen molar-refractivity contribution in [2.75, 3.05) is 5.32 Å². The Morgan fingerprint density at radius 3 is 1.68 bits per heavy atom. The molecule has 0 heterocycles. The molecule has 1 amide bonds. The minimum Gasteiger partial charge on any atom is -0.317 e. The van der Waals surface area contributed by atoms with Crippen molar-refractivity contribution in [1.82, 2.24) is 0 Å². The van der Waals surface area contributed by atoms with Crippen molar-refractivity contribution in [3.63, 3.8) is 0 Å². The summed E-state index contributed by atoms with van der Waals surface area (Å²) in [6, 6.07) is 1.14. The Labute approximate surface area is 147 Å². The third kappa shape index (κ3) is 3.73. The maximum Gasteiger partial charge on any atom is 0.422 e. The fourth-order valence-electron chi connectivity index (χ4n) is 2.16. The van der Waals surface area contributed by atoms with Gasteiger partial charge in [0, 0.05) is 0 Å². The van der Waals surface area contributed by atoms with Crippen LogP contribution < -0.4 is 5.32 Å². The predicted molar refractivity (Wildman–Crippen MR) is 70.6 cm³/mol. The molecule has 28 heavy (non-hydrogen) atoms. The first-order valence-electron chi connectivity index (χ1n) is 6.78. The molecule has 0 aromatic heterocycles. The van der Waals surface area contributed by atoms with Gasteiger partial charge in [0.1, 0.15) is 17.1 Å². The molecule has 152 valence electrons. The summed E-state index contributed by atoms with van der Waals surface area (Å²) >= 11 is 0. The highest BCUT2D eigenvalue weighted by Crippen LogP contribution is 2.39. The van der Waals surface area contributed by atoms with Crippen molar-refractivity contribution in [1.29, 1.82) is 0 Å². The van der Waals surface area contributed by atoms with Gasteiger partial charge in [-0.3, -0.25) is 4.79 Å². The van der Waals surface area contributed by atoms with E-state index in [1.54, 1.807) is 0 Å². The molecule has 2 aromatic rings. The monoisotopic (exact) mass is 423 g/mol. The van der Waals surface area contributed by atoms with E-state index in [1.807, 2.05) is 0 Å². The number of hydrogen-bond donors (Lipinski definition) is 1. The van der Waals surface area contributed by atoms with Crippen LogP contribution in [0.25, 0.3) is 0 Å². The second kappa shape index (κ2) is 6.95. The van der Waals surface area contributed by atoms with Gasteiger partial charge in [0.15, 0.2) is 23.3 Å². The fourth-order valence-corrected chi connectivity index (χ4v) is 2.16. The van der Waals surface area contributed by atoms with E-state index in [0.717, 1.165) is 5.32 Å². The van der Waals surface area contributed by atoms with Gasteiger partial charge in [0.2, 0.25) is 0 Å². The number of hydrogen-bond acceptors (Lipinski definition) is 1. The van der Waals surface area contributed by atoms with Gasteiger partial charge < -0.3 is 5.32 Å². The molecule has 0 bridgehead atoms. The maximum atomic E-state index is 13.7. The molecule has 0 radical (unpaired) electrons. The van der Waals surface area contributed by atoms with Crippen LogP contribution >= 0.6 is 0 Å². The Morgan fingerprint density at radius 2 is 1.25 bits per heavy atom. The molecular weight excluding hydrogens is 419 g/mol. The second-order valence-corrected chi connectivity index (χ2v) is 5.12. The highest BCUT2D eigenvalue weighted by molar-refractivity contribution is 6.05. The van der Waals surface area contributed by atoms with Crippen LogP contribution in [0, 0.1) is 29.1 Å². The summed E-state index contributed by atoms with van der Waals surface area (Å²) in [6.45, 7) is 0. The van der Waals surface area contributed by atoms with Crippen LogP contribution in [0.4, 0.5) is 54.0 Å². The largest absolute Gasteiger partial charge is 0.422 e. The van der Waals surface area contributed by atoms with Gasteiger partial charge in [0.25, 0.3) is 5.91 Å². The standard InChI is InChI=1S/C15H4F11NO/c16-5-3-1-2-4(14(21,22)23)6(5)13(28)27-12-10(19)8(17)7(15(24,25)26)9(18)11(12)20/h1-3H,(H,27,28). The number of carbonyl (C=O) groups excluding carboxylic acids is 1. The van der Waals surface area contributed by atoms with Crippen molar-refractivity contribution in [3.05, 3.63) is 64.0 Å². The van der Waals surface area contributed by atoms with Crippen molar-refractivity contribution < 1.29 is 53.1 Å². The average molecular weight is 423 g/mol. The van der Waals surface area contributed by atoms with E-state index in [4.69, 9.17) is 0 Å². The van der Waals surface area contributed by atoms with E-state index in [9.17, 15) is 53.1 Å². The molecule has 0 spiro atoms. The smallest absolute Gasteiger partial charge is 0.317 e. The van der Waals surface area contributed by atoms with E-state index < -0.39 is 69.7 Å². The van der Waals surface area contributed by atoms with Crippen LogP contribution in [0.3, 0.4) is 0 Å². The Kier molecular flexibility index (Phi) is 5.32. The number of nitrogens with one attached hydrogen (secondary N) is 1. The van der Waals surface area contributed by atoms with Crippen LogP contribution in [0.1, 0.15) is 21.5 Å². The summed E-state index contributed by atoms with van der Waals surface area (Å²) in [5, 5.41) is 0.932. The van der Waals surface area contributed by atoms with E-state index in [-0.39, 0.29) is 6.07 Å². The summed E-state index contributed by atoms with van der Waals surface area (Å²) in [5.74, 6) is -15.4. The number of amides is 1. The van der Waals surface area contributed by atoms with Crippen LogP contribution in [0.2, 0.25) is 0 Å². The summed E-state index contributed by atoms with van der Waals surface area (Å²) in [7, 11) is 0. The van der Waals surface area contributed by atoms with Crippen LogP contribution in [0.15, 0.2) is 18.2 Å². The lowest BCUT2D eigenvalue weighted by molar-refractivity contribution is -0.143. The molecule has 2 nitrogen and oxygen atoms in total. The van der Waals surface area contributed by atoms with Gasteiger partial charge in [-0.25, -0.2) is 22.0 Å². The number of benzene rings is 2. The Hall–Kier alpha value is -2.86. The topological polar surface area (TPSA) is 29.1 Å². The van der Waals surface area contributed by atoms with E-state index in [2.05, 4.69) is 0 Å². The molecule has 0 unspecified atom stereocenters. The summed E-state index contributed by atoms with van der Waals surface area (Å²) < 4.78 is 144. The molecule has 2 aromatic carbocycles. The lowest BCUT2D eigenvalue weighted by atomic mass is 10.0. The summed E-state index contributed by atoms with van der Waals surface area (Å²) in [6.07, 6.45) is -11.2. The van der Waals surface area contributed by atoms with Gasteiger partial charge in [-0.1, -0.05) is 6.07 Å².